The van der Waals surface area contributed by atoms with Gasteiger partial charge in [-0.25, -0.2) is 4.98 Å². The normalized spacial score (nSPS) is 13.4. The molecule has 2 N–H and O–H groups in total. The second-order valence-electron chi connectivity index (χ2n) is 2.35. The molecular weight excluding hydrogens is 150 g/mol. The van der Waals surface area contributed by atoms with Gasteiger partial charge in [-0.3, -0.25) is 4.98 Å². The molecular formula is C9H11N3. The van der Waals surface area contributed by atoms with Crippen molar-refractivity contribution in [3.8, 4) is 0 Å². The minimum absolute atomic E-state index is 0.690. The van der Waals surface area contributed by atoms with E-state index in [0.29, 0.717) is 5.35 Å². The van der Waals surface area contributed by atoms with E-state index in [4.69, 9.17) is 5.73 Å². The first kappa shape index (κ1) is 8.46. The standard InChI is InChI=1S/C9H11N3/c1-3-4-8-9(5-10)12-7(2)6-11-8/h3-6H,1,10H2,2H3/b8-4+,9-5+. The van der Waals surface area contributed by atoms with Crippen LogP contribution in [0.1, 0.15) is 5.69 Å². The zero-order chi connectivity index (χ0) is 8.97. The van der Waals surface area contributed by atoms with Gasteiger partial charge in [0.1, 0.15) is 5.35 Å². The zero-order valence-corrected chi connectivity index (χ0v) is 6.99. The van der Waals surface area contributed by atoms with Crippen LogP contribution in [0.15, 0.2) is 18.9 Å². The molecule has 0 atom stereocenters. The molecule has 1 aromatic heterocycles. The molecule has 1 heterocycles. The quantitative estimate of drug-likeness (QED) is 0.601. The topological polar surface area (TPSA) is 51.8 Å². The number of aryl methyl sites for hydroxylation is 1. The van der Waals surface area contributed by atoms with E-state index in [-0.39, 0.29) is 0 Å². The van der Waals surface area contributed by atoms with Crippen LogP contribution in [0.5, 0.6) is 0 Å². The fourth-order valence-corrected chi connectivity index (χ4v) is 0.868. The first-order chi connectivity index (χ1) is 5.77. The van der Waals surface area contributed by atoms with Crippen molar-refractivity contribution in [1.82, 2.24) is 9.97 Å². The van der Waals surface area contributed by atoms with Crippen LogP contribution in [0, 0.1) is 6.92 Å². The maximum Gasteiger partial charge on any atom is 0.104 e. The van der Waals surface area contributed by atoms with Gasteiger partial charge in [0.05, 0.1) is 11.0 Å². The minimum atomic E-state index is 0.690. The van der Waals surface area contributed by atoms with Gasteiger partial charge in [0, 0.05) is 12.4 Å². The van der Waals surface area contributed by atoms with Crippen molar-refractivity contribution in [3.63, 3.8) is 0 Å². The van der Waals surface area contributed by atoms with E-state index < -0.39 is 0 Å². The van der Waals surface area contributed by atoms with Crippen LogP contribution in [-0.2, 0) is 0 Å². The fourth-order valence-electron chi connectivity index (χ4n) is 0.868. The van der Waals surface area contributed by atoms with Crippen LogP contribution in [0.4, 0.5) is 0 Å². The van der Waals surface area contributed by atoms with E-state index in [2.05, 4.69) is 16.5 Å². The molecule has 62 valence electrons. The molecule has 0 radical (unpaired) electrons. The lowest BCUT2D eigenvalue weighted by Crippen LogP contribution is -2.32. The van der Waals surface area contributed by atoms with Gasteiger partial charge >= 0.3 is 0 Å². The number of rotatable bonds is 1. The number of allylic oxidation sites excluding steroid dienone is 1. The minimum Gasteiger partial charge on any atom is -0.403 e. The van der Waals surface area contributed by atoms with E-state index >= 15 is 0 Å². The third-order valence-corrected chi connectivity index (χ3v) is 1.38. The summed E-state index contributed by atoms with van der Waals surface area (Å²) < 4.78 is 0. The number of nitrogens with two attached hydrogens (primary N) is 1. The van der Waals surface area contributed by atoms with E-state index in [1.54, 1.807) is 18.3 Å². The molecule has 0 aromatic carbocycles. The third-order valence-electron chi connectivity index (χ3n) is 1.38. The monoisotopic (exact) mass is 161 g/mol. The summed E-state index contributed by atoms with van der Waals surface area (Å²) in [5.74, 6) is 0. The smallest absolute Gasteiger partial charge is 0.104 e. The summed E-state index contributed by atoms with van der Waals surface area (Å²) in [6.45, 7) is 5.45. The number of hydrogen-bond acceptors (Lipinski definition) is 3. The van der Waals surface area contributed by atoms with Crippen molar-refractivity contribution in [3.05, 3.63) is 35.2 Å². The van der Waals surface area contributed by atoms with Crippen LogP contribution in [0.2, 0.25) is 0 Å². The molecule has 0 saturated carbocycles. The molecule has 0 fully saturated rings. The van der Waals surface area contributed by atoms with Crippen LogP contribution in [0.3, 0.4) is 0 Å². The number of aromatic nitrogens is 2. The molecule has 0 bridgehead atoms. The summed E-state index contributed by atoms with van der Waals surface area (Å²) in [4.78, 5) is 8.33. The summed E-state index contributed by atoms with van der Waals surface area (Å²) in [6, 6.07) is 0. The van der Waals surface area contributed by atoms with Crippen molar-refractivity contribution in [1.29, 1.82) is 0 Å². The van der Waals surface area contributed by atoms with Gasteiger partial charge in [-0.2, -0.15) is 0 Å². The van der Waals surface area contributed by atoms with Gasteiger partial charge < -0.3 is 5.73 Å². The second-order valence-corrected chi connectivity index (χ2v) is 2.35. The van der Waals surface area contributed by atoms with Gasteiger partial charge in [0.15, 0.2) is 0 Å². The predicted molar refractivity (Wildman–Crippen MR) is 49.3 cm³/mol. The first-order valence-corrected chi connectivity index (χ1v) is 3.62. The lowest BCUT2D eigenvalue weighted by atomic mass is 10.4. The Morgan fingerprint density at radius 3 is 2.83 bits per heavy atom. The van der Waals surface area contributed by atoms with Crippen LogP contribution in [0.25, 0.3) is 12.3 Å². The largest absolute Gasteiger partial charge is 0.403 e. The molecule has 0 aliphatic rings. The Hall–Kier alpha value is -1.64. The zero-order valence-electron chi connectivity index (χ0n) is 6.99. The molecule has 1 rings (SSSR count). The maximum absolute atomic E-state index is 5.37. The van der Waals surface area contributed by atoms with E-state index in [1.807, 2.05) is 6.92 Å². The molecule has 0 amide bonds. The number of nitrogens with zero attached hydrogens (tertiary/aromatic N) is 2. The molecule has 12 heavy (non-hydrogen) atoms. The lowest BCUT2D eigenvalue weighted by Gasteiger charge is -1.90. The number of hydrogen-bond donors (Lipinski definition) is 1. The third kappa shape index (κ3) is 1.69. The Morgan fingerprint density at radius 2 is 2.25 bits per heavy atom. The highest BCUT2D eigenvalue weighted by Crippen LogP contribution is 1.76. The molecule has 1 aromatic rings. The molecule has 0 aliphatic carbocycles. The Kier molecular flexibility index (Phi) is 2.58. The highest BCUT2D eigenvalue weighted by atomic mass is 14.8. The summed E-state index contributed by atoms with van der Waals surface area (Å²) in [5, 5.41) is 1.44. The Labute approximate surface area is 71.0 Å². The summed E-state index contributed by atoms with van der Waals surface area (Å²) in [6.07, 6.45) is 6.56. The van der Waals surface area contributed by atoms with Gasteiger partial charge in [0.2, 0.25) is 0 Å². The Bertz CT molecular complexity index is 393. The second kappa shape index (κ2) is 3.67. The van der Waals surface area contributed by atoms with E-state index in [0.717, 1.165) is 11.0 Å². The average Bonchev–Trinajstić information content (AvgIpc) is 2.08. The average molecular weight is 161 g/mol. The predicted octanol–water partition coefficient (Wildman–Crippen LogP) is -0.552. The van der Waals surface area contributed by atoms with E-state index in [9.17, 15) is 0 Å². The summed E-state index contributed by atoms with van der Waals surface area (Å²) in [5.41, 5.74) is 6.22. The Balaban J connectivity index is 3.52. The van der Waals surface area contributed by atoms with Crippen molar-refractivity contribution in [2.45, 2.75) is 6.92 Å². The van der Waals surface area contributed by atoms with Crippen LogP contribution in [-0.4, -0.2) is 9.97 Å². The van der Waals surface area contributed by atoms with Crippen molar-refractivity contribution in [2.24, 2.45) is 5.73 Å². The van der Waals surface area contributed by atoms with Crippen molar-refractivity contribution < 1.29 is 0 Å². The fraction of sp³-hybridized carbons (Fsp3) is 0.111. The first-order valence-electron chi connectivity index (χ1n) is 3.62. The molecule has 3 nitrogen and oxygen atoms in total. The highest BCUT2D eigenvalue weighted by Gasteiger charge is 1.87. The highest BCUT2D eigenvalue weighted by molar-refractivity contribution is 5.33. The molecule has 0 aliphatic heterocycles. The van der Waals surface area contributed by atoms with Crippen molar-refractivity contribution in [2.75, 3.05) is 0 Å². The van der Waals surface area contributed by atoms with Gasteiger partial charge in [-0.15, -0.1) is 0 Å². The molecule has 3 heteroatoms. The Morgan fingerprint density at radius 1 is 1.50 bits per heavy atom. The molecule has 0 unspecified atom stereocenters. The van der Waals surface area contributed by atoms with Gasteiger partial charge in [0.25, 0.3) is 0 Å². The maximum atomic E-state index is 5.37. The van der Waals surface area contributed by atoms with Crippen LogP contribution < -0.4 is 16.4 Å². The lowest BCUT2D eigenvalue weighted by molar-refractivity contribution is 1.04. The van der Waals surface area contributed by atoms with Gasteiger partial charge in [-0.1, -0.05) is 12.7 Å². The van der Waals surface area contributed by atoms with Crippen LogP contribution >= 0.6 is 0 Å². The van der Waals surface area contributed by atoms with E-state index in [1.165, 1.54) is 6.20 Å². The summed E-state index contributed by atoms with van der Waals surface area (Å²) >= 11 is 0. The molecule has 0 saturated heterocycles. The SMILES string of the molecule is C=C/C=c1/ncc(C)n/c1=C/N. The summed E-state index contributed by atoms with van der Waals surface area (Å²) in [7, 11) is 0. The van der Waals surface area contributed by atoms with Gasteiger partial charge in [-0.05, 0) is 13.0 Å². The van der Waals surface area contributed by atoms with Crippen molar-refractivity contribution >= 4 is 12.3 Å². The molecule has 0 spiro atoms.